The Balaban J connectivity index is 2.73. The lowest BCUT2D eigenvalue weighted by molar-refractivity contribution is -0.132. The number of thiophene rings is 1. The molecule has 22 heavy (non-hydrogen) atoms. The molecule has 3 N–H and O–H groups in total. The molecule has 3 amide bonds. The summed E-state index contributed by atoms with van der Waals surface area (Å²) in [5.41, 5.74) is 5.24. The molecule has 0 aliphatic rings. The van der Waals surface area contributed by atoms with E-state index in [0.717, 1.165) is 24.3 Å². The van der Waals surface area contributed by atoms with Crippen LogP contribution in [-0.2, 0) is 4.79 Å². The van der Waals surface area contributed by atoms with E-state index in [9.17, 15) is 9.59 Å². The summed E-state index contributed by atoms with van der Waals surface area (Å²) < 4.78 is 0. The highest BCUT2D eigenvalue weighted by atomic mass is 32.1. The number of rotatable bonds is 9. The summed E-state index contributed by atoms with van der Waals surface area (Å²) in [6.07, 6.45) is 2.37. The second-order valence-electron chi connectivity index (χ2n) is 5.40. The fourth-order valence-electron chi connectivity index (χ4n) is 2.45. The van der Waals surface area contributed by atoms with Crippen molar-refractivity contribution in [1.29, 1.82) is 0 Å². The predicted molar refractivity (Wildman–Crippen MR) is 90.7 cm³/mol. The lowest BCUT2D eigenvalue weighted by Gasteiger charge is -2.27. The van der Waals surface area contributed by atoms with Crippen molar-refractivity contribution in [1.82, 2.24) is 10.2 Å². The van der Waals surface area contributed by atoms with E-state index in [1.165, 1.54) is 11.3 Å². The van der Waals surface area contributed by atoms with Crippen LogP contribution in [0.2, 0.25) is 0 Å². The molecule has 5 nitrogen and oxygen atoms in total. The first-order valence-corrected chi connectivity index (χ1v) is 8.76. The average molecular weight is 325 g/mol. The Labute approximate surface area is 136 Å². The van der Waals surface area contributed by atoms with Crippen molar-refractivity contribution in [2.24, 2.45) is 11.7 Å². The summed E-state index contributed by atoms with van der Waals surface area (Å²) in [4.78, 5) is 26.6. The van der Waals surface area contributed by atoms with E-state index < -0.39 is 6.03 Å². The number of hydrogen-bond donors (Lipinski definition) is 2. The van der Waals surface area contributed by atoms with Gasteiger partial charge < -0.3 is 16.0 Å². The Morgan fingerprint density at radius 3 is 2.45 bits per heavy atom. The van der Waals surface area contributed by atoms with Gasteiger partial charge in [-0.25, -0.2) is 4.79 Å². The largest absolute Gasteiger partial charge is 0.352 e. The molecule has 0 radical (unpaired) electrons. The van der Waals surface area contributed by atoms with E-state index in [2.05, 4.69) is 19.2 Å². The molecule has 1 atom stereocenters. The molecule has 124 valence electrons. The normalized spacial score (nSPS) is 12.2. The first kappa shape index (κ1) is 18.5. The topological polar surface area (TPSA) is 75.4 Å². The summed E-state index contributed by atoms with van der Waals surface area (Å²) in [5.74, 6) is 0.578. The minimum atomic E-state index is -0.603. The Kier molecular flexibility index (Phi) is 7.95. The maximum atomic E-state index is 12.6. The monoisotopic (exact) mass is 325 g/mol. The van der Waals surface area contributed by atoms with Gasteiger partial charge in [0.1, 0.15) is 0 Å². The van der Waals surface area contributed by atoms with E-state index in [1.807, 2.05) is 29.3 Å². The van der Waals surface area contributed by atoms with Crippen molar-refractivity contribution in [2.75, 3.05) is 13.1 Å². The maximum absolute atomic E-state index is 12.6. The maximum Gasteiger partial charge on any atom is 0.312 e. The van der Waals surface area contributed by atoms with Crippen LogP contribution in [0.1, 0.15) is 51.0 Å². The fraction of sp³-hybridized carbons (Fsp3) is 0.625. The number of urea groups is 1. The Hall–Kier alpha value is -1.56. The molecule has 0 saturated carbocycles. The van der Waals surface area contributed by atoms with Gasteiger partial charge in [-0.2, -0.15) is 0 Å². The first-order chi connectivity index (χ1) is 10.5. The Bertz CT molecular complexity index is 458. The van der Waals surface area contributed by atoms with E-state index >= 15 is 0 Å². The highest BCUT2D eigenvalue weighted by Gasteiger charge is 2.22. The zero-order valence-corrected chi connectivity index (χ0v) is 14.5. The first-order valence-electron chi connectivity index (χ1n) is 7.88. The van der Waals surface area contributed by atoms with Gasteiger partial charge in [0.15, 0.2) is 0 Å². The van der Waals surface area contributed by atoms with Crippen LogP contribution in [0.15, 0.2) is 17.5 Å². The van der Waals surface area contributed by atoms with Gasteiger partial charge in [0.05, 0.1) is 12.5 Å². The Morgan fingerprint density at radius 1 is 1.32 bits per heavy atom. The van der Waals surface area contributed by atoms with Gasteiger partial charge in [0, 0.05) is 18.0 Å². The average Bonchev–Trinajstić information content (AvgIpc) is 3.01. The summed E-state index contributed by atoms with van der Waals surface area (Å²) in [7, 11) is 0. The van der Waals surface area contributed by atoms with E-state index in [0.29, 0.717) is 12.5 Å². The minimum absolute atomic E-state index is 0.0570. The summed E-state index contributed by atoms with van der Waals surface area (Å²) in [6, 6.07) is 2.87. The van der Waals surface area contributed by atoms with E-state index in [4.69, 9.17) is 5.73 Å². The number of amides is 3. The molecule has 0 fully saturated rings. The van der Waals surface area contributed by atoms with Crippen LogP contribution in [0.5, 0.6) is 0 Å². The lowest BCUT2D eigenvalue weighted by atomic mass is 10.0. The smallest absolute Gasteiger partial charge is 0.312 e. The number of nitrogens with two attached hydrogens (primary N) is 1. The van der Waals surface area contributed by atoms with E-state index in [-0.39, 0.29) is 18.4 Å². The number of primary amides is 1. The van der Waals surface area contributed by atoms with Crippen molar-refractivity contribution in [3.63, 3.8) is 0 Å². The van der Waals surface area contributed by atoms with Gasteiger partial charge >= 0.3 is 6.03 Å². The molecule has 1 unspecified atom stereocenters. The van der Waals surface area contributed by atoms with Crippen LogP contribution in [0.3, 0.4) is 0 Å². The van der Waals surface area contributed by atoms with Gasteiger partial charge in [-0.1, -0.05) is 32.8 Å². The summed E-state index contributed by atoms with van der Waals surface area (Å²) in [6.45, 7) is 7.74. The van der Waals surface area contributed by atoms with E-state index in [1.54, 1.807) is 0 Å². The van der Waals surface area contributed by atoms with Gasteiger partial charge in [0.2, 0.25) is 5.91 Å². The molecule has 6 heteroatoms. The second-order valence-corrected chi connectivity index (χ2v) is 6.37. The van der Waals surface area contributed by atoms with Crippen molar-refractivity contribution in [3.05, 3.63) is 22.4 Å². The summed E-state index contributed by atoms with van der Waals surface area (Å²) >= 11 is 1.52. The molecule has 1 rings (SSSR count). The van der Waals surface area contributed by atoms with Crippen LogP contribution in [0.4, 0.5) is 4.79 Å². The standard InChI is InChI=1S/C16H27N3O2S/c1-4-12(5-2)11-19(6-3)15(20)10-13(18-16(17)21)14-8-7-9-22-14/h7-9,12-13H,4-6,10-11H2,1-3H3,(H3,17,18,21). The highest BCUT2D eigenvalue weighted by molar-refractivity contribution is 7.10. The third kappa shape index (κ3) is 5.67. The van der Waals surface area contributed by atoms with Crippen LogP contribution < -0.4 is 11.1 Å². The molecule has 0 aliphatic carbocycles. The zero-order chi connectivity index (χ0) is 16.5. The fourth-order valence-corrected chi connectivity index (χ4v) is 3.23. The molecular formula is C16H27N3O2S. The second kappa shape index (κ2) is 9.46. The Morgan fingerprint density at radius 2 is 2.00 bits per heavy atom. The predicted octanol–water partition coefficient (Wildman–Crippen LogP) is 3.13. The van der Waals surface area contributed by atoms with Gasteiger partial charge in [-0.3, -0.25) is 4.79 Å². The molecule has 1 heterocycles. The number of hydrogen-bond acceptors (Lipinski definition) is 3. The minimum Gasteiger partial charge on any atom is -0.352 e. The number of carbonyl (C=O) groups excluding carboxylic acids is 2. The van der Waals surface area contributed by atoms with Crippen LogP contribution in [0.25, 0.3) is 0 Å². The molecule has 0 saturated heterocycles. The quantitative estimate of drug-likeness (QED) is 0.732. The third-order valence-corrected chi connectivity index (χ3v) is 4.94. The highest BCUT2D eigenvalue weighted by Crippen LogP contribution is 2.23. The van der Waals surface area contributed by atoms with Crippen molar-refractivity contribution >= 4 is 23.3 Å². The van der Waals surface area contributed by atoms with Gasteiger partial charge in [-0.15, -0.1) is 11.3 Å². The van der Waals surface area contributed by atoms with Crippen LogP contribution in [0, 0.1) is 5.92 Å². The lowest BCUT2D eigenvalue weighted by Crippen LogP contribution is -2.39. The molecular weight excluding hydrogens is 298 g/mol. The van der Waals surface area contributed by atoms with Gasteiger partial charge in [0.25, 0.3) is 0 Å². The third-order valence-electron chi connectivity index (χ3n) is 3.95. The molecule has 0 aromatic carbocycles. The van der Waals surface area contributed by atoms with Crippen molar-refractivity contribution in [3.8, 4) is 0 Å². The number of nitrogens with zero attached hydrogens (tertiary/aromatic N) is 1. The van der Waals surface area contributed by atoms with Crippen LogP contribution in [-0.4, -0.2) is 29.9 Å². The van der Waals surface area contributed by atoms with Gasteiger partial charge in [-0.05, 0) is 24.3 Å². The zero-order valence-electron chi connectivity index (χ0n) is 13.7. The molecule has 0 aliphatic heterocycles. The van der Waals surface area contributed by atoms with Crippen LogP contribution >= 0.6 is 11.3 Å². The molecule has 0 spiro atoms. The molecule has 1 aromatic rings. The van der Waals surface area contributed by atoms with Crippen molar-refractivity contribution in [2.45, 2.75) is 46.1 Å². The summed E-state index contributed by atoms with van der Waals surface area (Å²) in [5, 5.41) is 4.60. The molecule has 0 bridgehead atoms. The SMILES string of the molecule is CCC(CC)CN(CC)C(=O)CC(NC(N)=O)c1cccs1. The van der Waals surface area contributed by atoms with Crippen molar-refractivity contribution < 1.29 is 9.59 Å². The number of carbonyl (C=O) groups is 2. The number of nitrogens with one attached hydrogen (secondary N) is 1. The molecule has 1 aromatic heterocycles.